The lowest BCUT2D eigenvalue weighted by Crippen LogP contribution is -2.47. The summed E-state index contributed by atoms with van der Waals surface area (Å²) in [5.74, 6) is -1.05. The molecule has 7 nitrogen and oxygen atoms in total. The van der Waals surface area contributed by atoms with Crippen LogP contribution in [0.1, 0.15) is 16.1 Å². The van der Waals surface area contributed by atoms with Crippen molar-refractivity contribution in [2.75, 3.05) is 32.4 Å². The first kappa shape index (κ1) is 14.9. The number of aromatic nitrogens is 1. The molecule has 2 rings (SSSR count). The summed E-state index contributed by atoms with van der Waals surface area (Å²) in [7, 11) is -3.14. The maximum absolute atomic E-state index is 11.4. The summed E-state index contributed by atoms with van der Waals surface area (Å²) >= 11 is 0. The topological polar surface area (TPSA) is 90.8 Å². The second kappa shape index (κ2) is 5.86. The average Bonchev–Trinajstić information content (AvgIpc) is 2.38. The van der Waals surface area contributed by atoms with Crippen molar-refractivity contribution >= 4 is 16.0 Å². The third-order valence-corrected chi connectivity index (χ3v) is 4.59. The van der Waals surface area contributed by atoms with E-state index in [2.05, 4.69) is 4.98 Å². The molecule has 1 aliphatic rings. The van der Waals surface area contributed by atoms with Crippen LogP contribution in [0.2, 0.25) is 0 Å². The molecule has 0 aliphatic carbocycles. The molecule has 2 heterocycles. The molecule has 1 N–H and O–H groups in total. The van der Waals surface area contributed by atoms with Crippen molar-refractivity contribution in [3.8, 4) is 0 Å². The fourth-order valence-corrected chi connectivity index (χ4v) is 3.05. The molecule has 0 atom stereocenters. The zero-order valence-electron chi connectivity index (χ0n) is 11.2. The molecule has 20 heavy (non-hydrogen) atoms. The number of nitrogens with zero attached hydrogens (tertiary/aromatic N) is 3. The molecule has 0 unspecified atom stereocenters. The number of piperazine rings is 1. The molecule has 1 aromatic rings. The molecule has 1 aliphatic heterocycles. The van der Waals surface area contributed by atoms with E-state index in [0.717, 1.165) is 0 Å². The highest BCUT2D eigenvalue weighted by molar-refractivity contribution is 7.88. The lowest BCUT2D eigenvalue weighted by molar-refractivity contribution is 0.0687. The third kappa shape index (κ3) is 3.53. The molecule has 0 amide bonds. The number of carboxylic acid groups (broad SMARTS) is 1. The summed E-state index contributed by atoms with van der Waals surface area (Å²) in [6, 6.07) is 3.44. The molecule has 0 spiro atoms. The fraction of sp³-hybridized carbons (Fsp3) is 0.500. The Labute approximate surface area is 117 Å². The predicted molar refractivity (Wildman–Crippen MR) is 72.9 cm³/mol. The normalized spacial score (nSPS) is 18.1. The Morgan fingerprint density at radius 1 is 1.35 bits per heavy atom. The fourth-order valence-electron chi connectivity index (χ4n) is 2.22. The van der Waals surface area contributed by atoms with E-state index in [9.17, 15) is 13.2 Å². The largest absolute Gasteiger partial charge is 0.477 e. The van der Waals surface area contributed by atoms with Gasteiger partial charge in [0.2, 0.25) is 10.0 Å². The summed E-state index contributed by atoms with van der Waals surface area (Å²) in [6.07, 6.45) is 2.65. The lowest BCUT2D eigenvalue weighted by atomic mass is 10.1. The molecular weight excluding hydrogens is 282 g/mol. The molecule has 110 valence electrons. The van der Waals surface area contributed by atoms with Gasteiger partial charge in [-0.2, -0.15) is 4.31 Å². The summed E-state index contributed by atoms with van der Waals surface area (Å²) in [4.78, 5) is 17.0. The lowest BCUT2D eigenvalue weighted by Gasteiger charge is -2.33. The maximum atomic E-state index is 11.4. The van der Waals surface area contributed by atoms with E-state index in [-0.39, 0.29) is 5.69 Å². The summed E-state index contributed by atoms with van der Waals surface area (Å²) in [6.45, 7) is 2.50. The Hall–Kier alpha value is -1.51. The average molecular weight is 299 g/mol. The van der Waals surface area contributed by atoms with Crippen molar-refractivity contribution in [1.82, 2.24) is 14.2 Å². The summed E-state index contributed by atoms with van der Waals surface area (Å²) < 4.78 is 24.3. The number of sulfonamides is 1. The first-order valence-electron chi connectivity index (χ1n) is 6.22. The van der Waals surface area contributed by atoms with Crippen molar-refractivity contribution in [2.24, 2.45) is 0 Å². The quantitative estimate of drug-likeness (QED) is 0.832. The van der Waals surface area contributed by atoms with Gasteiger partial charge in [-0.3, -0.25) is 4.90 Å². The number of carbonyl (C=O) groups is 1. The highest BCUT2D eigenvalue weighted by Gasteiger charge is 2.24. The van der Waals surface area contributed by atoms with Gasteiger partial charge in [-0.1, -0.05) is 6.07 Å². The second-order valence-electron chi connectivity index (χ2n) is 4.75. The van der Waals surface area contributed by atoms with Gasteiger partial charge in [0.1, 0.15) is 0 Å². The molecule has 1 fully saturated rings. The van der Waals surface area contributed by atoms with Gasteiger partial charge < -0.3 is 5.11 Å². The maximum Gasteiger partial charge on any atom is 0.354 e. The van der Waals surface area contributed by atoms with E-state index in [1.807, 2.05) is 4.90 Å². The SMILES string of the molecule is CS(=O)(=O)N1CCN(Cc2cccnc2C(=O)O)CC1. The molecular formula is C12H17N3O4S. The van der Waals surface area contributed by atoms with Crippen LogP contribution in [0.3, 0.4) is 0 Å². The second-order valence-corrected chi connectivity index (χ2v) is 6.74. The third-order valence-electron chi connectivity index (χ3n) is 3.29. The van der Waals surface area contributed by atoms with Crippen LogP contribution in [0.15, 0.2) is 18.3 Å². The summed E-state index contributed by atoms with van der Waals surface area (Å²) in [5, 5.41) is 9.08. The number of rotatable bonds is 4. The van der Waals surface area contributed by atoms with Crippen molar-refractivity contribution in [1.29, 1.82) is 0 Å². The van der Waals surface area contributed by atoms with E-state index < -0.39 is 16.0 Å². The minimum absolute atomic E-state index is 0.0537. The van der Waals surface area contributed by atoms with Crippen LogP contribution in [0.4, 0.5) is 0 Å². The van der Waals surface area contributed by atoms with Crippen LogP contribution in [0, 0.1) is 0 Å². The summed E-state index contributed by atoms with van der Waals surface area (Å²) in [5.41, 5.74) is 0.700. The number of hydrogen-bond donors (Lipinski definition) is 1. The first-order chi connectivity index (χ1) is 9.38. The molecule has 0 saturated carbocycles. The van der Waals surface area contributed by atoms with Gasteiger partial charge in [0.05, 0.1) is 6.26 Å². The monoisotopic (exact) mass is 299 g/mol. The zero-order valence-corrected chi connectivity index (χ0v) is 12.0. The van der Waals surface area contributed by atoms with Crippen molar-refractivity contribution in [2.45, 2.75) is 6.54 Å². The van der Waals surface area contributed by atoms with E-state index >= 15 is 0 Å². The van der Waals surface area contributed by atoms with Crippen molar-refractivity contribution in [3.05, 3.63) is 29.6 Å². The smallest absolute Gasteiger partial charge is 0.354 e. The number of pyridine rings is 1. The minimum atomic E-state index is -3.14. The van der Waals surface area contributed by atoms with Crippen LogP contribution in [-0.2, 0) is 16.6 Å². The molecule has 0 radical (unpaired) electrons. The minimum Gasteiger partial charge on any atom is -0.477 e. The molecule has 8 heteroatoms. The Morgan fingerprint density at radius 3 is 2.55 bits per heavy atom. The van der Waals surface area contributed by atoms with Gasteiger partial charge in [-0.25, -0.2) is 18.2 Å². The van der Waals surface area contributed by atoms with Crippen LogP contribution >= 0.6 is 0 Å². The van der Waals surface area contributed by atoms with Crippen LogP contribution in [0.25, 0.3) is 0 Å². The molecule has 0 aromatic carbocycles. The Balaban J connectivity index is 2.02. The predicted octanol–water partition coefficient (Wildman–Crippen LogP) is -0.143. The van der Waals surface area contributed by atoms with Crippen molar-refractivity contribution < 1.29 is 18.3 Å². The highest BCUT2D eigenvalue weighted by atomic mass is 32.2. The van der Waals surface area contributed by atoms with Gasteiger partial charge in [0.15, 0.2) is 5.69 Å². The molecule has 0 bridgehead atoms. The molecule has 1 aromatic heterocycles. The van der Waals surface area contributed by atoms with E-state index in [4.69, 9.17) is 5.11 Å². The zero-order chi connectivity index (χ0) is 14.8. The van der Waals surface area contributed by atoms with Crippen molar-refractivity contribution in [3.63, 3.8) is 0 Å². The molecule has 1 saturated heterocycles. The van der Waals surface area contributed by atoms with E-state index in [1.54, 1.807) is 12.1 Å². The van der Waals surface area contributed by atoms with Crippen LogP contribution in [0.5, 0.6) is 0 Å². The van der Waals surface area contributed by atoms with E-state index in [0.29, 0.717) is 38.3 Å². The van der Waals surface area contributed by atoms with Gasteiger partial charge in [-0.05, 0) is 11.6 Å². The van der Waals surface area contributed by atoms with Crippen LogP contribution < -0.4 is 0 Å². The standard InChI is InChI=1S/C12H17N3O4S/c1-20(18,19)15-7-5-14(6-8-15)9-10-3-2-4-13-11(10)12(16)17/h2-4H,5-9H2,1H3,(H,16,17). The van der Waals surface area contributed by atoms with Gasteiger partial charge in [0.25, 0.3) is 0 Å². The first-order valence-corrected chi connectivity index (χ1v) is 8.07. The van der Waals surface area contributed by atoms with E-state index in [1.165, 1.54) is 16.8 Å². The Kier molecular flexibility index (Phi) is 4.36. The van der Waals surface area contributed by atoms with Gasteiger partial charge in [-0.15, -0.1) is 0 Å². The van der Waals surface area contributed by atoms with Gasteiger partial charge in [0, 0.05) is 38.9 Å². The van der Waals surface area contributed by atoms with Gasteiger partial charge >= 0.3 is 5.97 Å². The highest BCUT2D eigenvalue weighted by Crippen LogP contribution is 2.12. The number of aromatic carboxylic acids is 1. The number of carboxylic acids is 1. The number of hydrogen-bond acceptors (Lipinski definition) is 5. The Morgan fingerprint density at radius 2 is 2.00 bits per heavy atom. The Bertz CT molecular complexity index is 594. The van der Waals surface area contributed by atoms with Crippen LogP contribution in [-0.4, -0.2) is 66.1 Å².